The molecule has 2 aliphatic rings. The summed E-state index contributed by atoms with van der Waals surface area (Å²) in [5.41, 5.74) is 20.9. The molecule has 4 aromatic heterocycles. The quantitative estimate of drug-likeness (QED) is 0.142. The summed E-state index contributed by atoms with van der Waals surface area (Å²) >= 11 is 0. The molecule has 0 radical (unpaired) electrons. The average Bonchev–Trinajstić information content (AvgIpc) is 0.981. The largest absolute Gasteiger partial charge is 0.452 e. The molecule has 21 rings (SSSR count). The van der Waals surface area contributed by atoms with Crippen molar-refractivity contribution >= 4 is 145 Å². The third-order valence-corrected chi connectivity index (χ3v) is 23.7. The zero-order valence-electron chi connectivity index (χ0n) is 78.2. The van der Waals surface area contributed by atoms with Crippen LogP contribution in [0.4, 0.5) is 34.1 Å². The maximum atomic E-state index is 10.1. The second-order valence-corrected chi connectivity index (χ2v) is 34.8. The molecule has 2 aliphatic heterocycles. The van der Waals surface area contributed by atoms with Crippen molar-refractivity contribution in [3.63, 3.8) is 0 Å². The predicted octanol–water partition coefficient (Wildman–Crippen LogP) is 27.2. The lowest BCUT2D eigenvalue weighted by molar-refractivity contribution is 0.590. The molecule has 0 spiro atoms. The maximum absolute atomic E-state index is 10.1. The first kappa shape index (κ1) is 55.5. The van der Waals surface area contributed by atoms with Crippen LogP contribution in [-0.2, 0) is 21.7 Å². The van der Waals surface area contributed by atoms with Gasteiger partial charge in [-0.1, -0.05) is 271 Å². The summed E-state index contributed by atoms with van der Waals surface area (Å²) in [5, 5.41) is 5.96. The molecular weight excluding hydrogens is 1370 g/mol. The van der Waals surface area contributed by atoms with E-state index in [1.807, 2.05) is 66.7 Å². The van der Waals surface area contributed by atoms with E-state index in [-0.39, 0.29) is 54.6 Å². The van der Waals surface area contributed by atoms with Gasteiger partial charge in [-0.05, 0) is 221 Å². The molecule has 0 amide bonds. The second-order valence-electron chi connectivity index (χ2n) is 34.8. The minimum absolute atomic E-state index is 0.0521. The highest BCUT2D eigenvalue weighted by atomic mass is 16.3. The number of fused-ring (bicyclic) bond motifs is 16. The van der Waals surface area contributed by atoms with Gasteiger partial charge in [0.2, 0.25) is 0 Å². The van der Waals surface area contributed by atoms with Gasteiger partial charge in [-0.2, -0.15) is 0 Å². The normalized spacial score (nSPS) is 14.9. The second kappa shape index (κ2) is 24.8. The first-order valence-electron chi connectivity index (χ1n) is 45.5. The van der Waals surface area contributed by atoms with Crippen molar-refractivity contribution in [3.05, 3.63) is 337 Å². The van der Waals surface area contributed by atoms with E-state index >= 15 is 0 Å². The van der Waals surface area contributed by atoms with Gasteiger partial charge in [0, 0.05) is 82.9 Å². The summed E-state index contributed by atoms with van der Waals surface area (Å²) in [7, 11) is 0. The lowest BCUT2D eigenvalue weighted by Gasteiger charge is -2.44. The fraction of sp³-hybridized carbons (Fsp3) is 0.151. The van der Waals surface area contributed by atoms with Gasteiger partial charge in [-0.25, -0.2) is 0 Å². The van der Waals surface area contributed by atoms with E-state index in [1.165, 1.54) is 22.3 Å². The monoisotopic (exact) mass is 1470 g/mol. The molecule has 0 atom stereocenters. The molecule has 6 nitrogen and oxygen atoms in total. The lowest BCUT2D eigenvalue weighted by Crippen LogP contribution is -2.61. The standard InChI is InChI=1S/C106H88BN5O/c1-103(2,3)71-42-50-90-82(59-71)83-60-72(104(4,5)6)43-51-91(83)109(90)76-47-49-87-97(64-76)112(95-41-27-37-81-80-36-26-40-94(101(80)113-102(81)95)111-92-52-44-73(105(7,8)9)61-84(92)85-62-74(106(10,11)12)45-53-93(85)111)99-58-70(67-32-20-15-21-33-67)57-98-100(99)107(87)86-48-46-75(108-88-38-24-22-34-78(88)79-35-23-25-39-89(79)108)63-96(86)110(98)77-55-68(65-28-16-13-17-29-65)54-69(56-77)66-30-18-14-19-31-66/h13-64H,1-12H3/i15D,20D,21D,22D,23D,24D,25D,32D,33D,34D,35D,38D,39D. The van der Waals surface area contributed by atoms with Gasteiger partial charge < -0.3 is 27.9 Å². The number of hydrogen-bond acceptors (Lipinski definition) is 3. The fourth-order valence-corrected chi connectivity index (χ4v) is 17.9. The van der Waals surface area contributed by atoms with Crippen LogP contribution in [0.2, 0.25) is 0 Å². The first-order chi connectivity index (χ1) is 60.0. The number of hydrogen-bond donors (Lipinski definition) is 0. The number of nitrogens with zero attached hydrogens (tertiary/aromatic N) is 5. The molecule has 0 unspecified atom stereocenters. The maximum Gasteiger partial charge on any atom is 0.252 e. The lowest BCUT2D eigenvalue weighted by atomic mass is 9.33. The number of benzene rings is 15. The molecule has 0 bridgehead atoms. The van der Waals surface area contributed by atoms with Crippen LogP contribution in [0.25, 0.3) is 138 Å². The minimum atomic E-state index is -0.737. The molecule has 0 aliphatic carbocycles. The van der Waals surface area contributed by atoms with Gasteiger partial charge in [-0.3, -0.25) is 0 Å². The number of rotatable bonds is 8. The highest BCUT2D eigenvalue weighted by molar-refractivity contribution is 7.00. The van der Waals surface area contributed by atoms with Crippen LogP contribution in [0.1, 0.15) is 123 Å². The molecule has 546 valence electrons. The Morgan fingerprint density at radius 1 is 0.257 bits per heavy atom. The van der Waals surface area contributed by atoms with Crippen LogP contribution in [0.3, 0.4) is 0 Å². The van der Waals surface area contributed by atoms with E-state index < -0.39 is 85.3 Å². The van der Waals surface area contributed by atoms with Crippen molar-refractivity contribution in [2.45, 2.75) is 105 Å². The number of anilines is 6. The van der Waals surface area contributed by atoms with Crippen molar-refractivity contribution < 1.29 is 22.2 Å². The summed E-state index contributed by atoms with van der Waals surface area (Å²) in [6.07, 6.45) is 0. The van der Waals surface area contributed by atoms with Crippen LogP contribution in [0.15, 0.2) is 320 Å². The van der Waals surface area contributed by atoms with Gasteiger partial charge in [0.25, 0.3) is 6.71 Å². The van der Waals surface area contributed by atoms with E-state index in [2.05, 4.69) is 272 Å². The van der Waals surface area contributed by atoms with Crippen molar-refractivity contribution in [2.24, 2.45) is 0 Å². The fourth-order valence-electron chi connectivity index (χ4n) is 17.9. The highest BCUT2D eigenvalue weighted by Gasteiger charge is 2.45. The van der Waals surface area contributed by atoms with Gasteiger partial charge in [0.05, 0.1) is 62.3 Å². The SMILES string of the molecule is [2H]c1c([2H])c([2H])c(-c2cc3c4c(c2)N(c2cccc5c2oc2c(-n6c7ccc(C(C)(C)C)cc7c7cc(C(C)(C)C)ccc76)cccc25)c2cc(-n5c6ccc(C(C)(C)C)cc6c6cc(C(C)(C)C)ccc65)ccc2B4c2ccc(-n4c5c([2H])c([2H])c([2H])c([2H])c5c5c([2H])c([2H])c([2H])c([2H])c54)cc2N3c2cc(-c3ccccc3)cc(-c3ccccc3)c2)c([2H])c1[2H]. The Balaban J connectivity index is 0.925. The number of furan rings is 1. The third-order valence-electron chi connectivity index (χ3n) is 23.7. The van der Waals surface area contributed by atoms with E-state index in [0.717, 1.165) is 110 Å². The Morgan fingerprint density at radius 3 is 1.12 bits per heavy atom. The van der Waals surface area contributed by atoms with Crippen LogP contribution >= 0.6 is 0 Å². The topological polar surface area (TPSA) is 34.4 Å². The molecule has 113 heavy (non-hydrogen) atoms. The molecule has 19 aromatic rings. The smallest absolute Gasteiger partial charge is 0.252 e. The molecule has 6 heterocycles. The summed E-state index contributed by atoms with van der Waals surface area (Å²) in [6, 6.07) is 76.3. The molecule has 0 fully saturated rings. The molecule has 15 aromatic carbocycles. The van der Waals surface area contributed by atoms with Crippen molar-refractivity contribution in [2.75, 3.05) is 9.80 Å². The highest BCUT2D eigenvalue weighted by Crippen LogP contribution is 2.52. The van der Waals surface area contributed by atoms with Gasteiger partial charge in [0.1, 0.15) is 0 Å². The van der Waals surface area contributed by atoms with Gasteiger partial charge >= 0.3 is 0 Å². The Labute approximate surface area is 679 Å². The van der Waals surface area contributed by atoms with Crippen molar-refractivity contribution in [1.29, 1.82) is 0 Å². The first-order valence-corrected chi connectivity index (χ1v) is 39.0. The zero-order valence-corrected chi connectivity index (χ0v) is 65.2. The Kier molecular flexibility index (Phi) is 12.2. The predicted molar refractivity (Wildman–Crippen MR) is 482 cm³/mol. The Bertz CT molecular complexity index is 7710. The third kappa shape index (κ3) is 10.7. The zero-order chi connectivity index (χ0) is 88.2. The molecule has 0 saturated carbocycles. The molecule has 0 saturated heterocycles. The molecule has 7 heteroatoms. The van der Waals surface area contributed by atoms with Crippen molar-refractivity contribution in [1.82, 2.24) is 13.7 Å². The van der Waals surface area contributed by atoms with E-state index in [1.54, 1.807) is 4.57 Å². The molecule has 0 N–H and O–H groups in total. The van der Waals surface area contributed by atoms with Gasteiger partial charge in [0.15, 0.2) is 11.2 Å². The number of para-hydroxylation sites is 4. The van der Waals surface area contributed by atoms with Crippen LogP contribution in [-0.4, -0.2) is 20.4 Å². The van der Waals surface area contributed by atoms with Crippen LogP contribution < -0.4 is 26.2 Å². The van der Waals surface area contributed by atoms with E-state index in [4.69, 9.17) is 8.53 Å². The van der Waals surface area contributed by atoms with Crippen LogP contribution in [0.5, 0.6) is 0 Å². The van der Waals surface area contributed by atoms with Gasteiger partial charge in [-0.15, -0.1) is 0 Å². The summed E-state index contributed by atoms with van der Waals surface area (Å²) in [4.78, 5) is 4.40. The Morgan fingerprint density at radius 2 is 0.655 bits per heavy atom. The number of aromatic nitrogens is 3. The van der Waals surface area contributed by atoms with E-state index in [9.17, 15) is 13.7 Å². The molecular formula is C106H88BN5O. The minimum Gasteiger partial charge on any atom is -0.452 e. The Hall–Kier alpha value is -12.8. The summed E-state index contributed by atoms with van der Waals surface area (Å²) in [6.45, 7) is 26.2. The summed E-state index contributed by atoms with van der Waals surface area (Å²) < 4.78 is 138. The average molecular weight is 1470 g/mol. The van der Waals surface area contributed by atoms with E-state index in [0.29, 0.717) is 45.3 Å². The van der Waals surface area contributed by atoms with Crippen molar-refractivity contribution in [3.8, 4) is 50.4 Å². The summed E-state index contributed by atoms with van der Waals surface area (Å²) in [5.74, 6) is 0. The van der Waals surface area contributed by atoms with Crippen LogP contribution in [0, 0.1) is 0 Å².